The van der Waals surface area contributed by atoms with Crippen LogP contribution in [0.5, 0.6) is 0 Å². The van der Waals surface area contributed by atoms with Gasteiger partial charge in [-0.1, -0.05) is 11.6 Å². The summed E-state index contributed by atoms with van der Waals surface area (Å²) in [5, 5.41) is 13.9. The molecule has 0 radical (unpaired) electrons. The highest BCUT2D eigenvalue weighted by atomic mass is 16.5. The first kappa shape index (κ1) is 16.7. The van der Waals surface area contributed by atoms with Crippen molar-refractivity contribution in [1.82, 2.24) is 10.3 Å². The average Bonchev–Trinajstić information content (AvgIpc) is 2.46. The Balaban J connectivity index is 1.96. The maximum atomic E-state index is 12.0. The lowest BCUT2D eigenvalue weighted by Gasteiger charge is -2.14. The Labute approximate surface area is 130 Å². The lowest BCUT2D eigenvalue weighted by Crippen LogP contribution is -2.32. The molecule has 2 aromatic rings. The molecule has 1 atom stereocenters. The van der Waals surface area contributed by atoms with E-state index in [1.54, 1.807) is 0 Å². The predicted molar refractivity (Wildman–Crippen MR) is 88.1 cm³/mol. The van der Waals surface area contributed by atoms with Crippen LogP contribution in [0.2, 0.25) is 0 Å². The molecule has 5 nitrogen and oxygen atoms in total. The van der Waals surface area contributed by atoms with Gasteiger partial charge < -0.3 is 20.1 Å². The Bertz CT molecular complexity index is 679. The smallest absolute Gasteiger partial charge is 0.252 e. The first-order valence-electron chi connectivity index (χ1n) is 7.58. The molecule has 5 heteroatoms. The van der Waals surface area contributed by atoms with E-state index < -0.39 is 6.10 Å². The molecule has 0 amide bonds. The number of aromatic amines is 1. The van der Waals surface area contributed by atoms with E-state index >= 15 is 0 Å². The molecule has 0 saturated heterocycles. The molecule has 2 rings (SSSR count). The standard InChI is InChI=1S/C17H24N2O3/c1-11(2)22-10-15(20)9-18-8-14-7-13-6-12(3)4-5-16(13)19-17(14)21/h4-7,11,15,18,20H,8-10H2,1-3H3,(H,19,21)/t15-/m1/s1. The minimum absolute atomic E-state index is 0.0984. The summed E-state index contributed by atoms with van der Waals surface area (Å²) < 4.78 is 5.34. The largest absolute Gasteiger partial charge is 0.389 e. The lowest BCUT2D eigenvalue weighted by molar-refractivity contribution is 0.00629. The van der Waals surface area contributed by atoms with Gasteiger partial charge in [0.05, 0.1) is 18.8 Å². The van der Waals surface area contributed by atoms with Crippen LogP contribution in [-0.2, 0) is 11.3 Å². The van der Waals surface area contributed by atoms with Gasteiger partial charge in [0.15, 0.2) is 0 Å². The van der Waals surface area contributed by atoms with Gasteiger partial charge in [-0.15, -0.1) is 0 Å². The fraction of sp³-hybridized carbons (Fsp3) is 0.471. The third-order valence-electron chi connectivity index (χ3n) is 3.39. The van der Waals surface area contributed by atoms with Gasteiger partial charge in [0.2, 0.25) is 0 Å². The van der Waals surface area contributed by atoms with Crippen LogP contribution >= 0.6 is 0 Å². The maximum Gasteiger partial charge on any atom is 0.252 e. The molecule has 22 heavy (non-hydrogen) atoms. The van der Waals surface area contributed by atoms with Crippen LogP contribution in [0.15, 0.2) is 29.1 Å². The van der Waals surface area contributed by atoms with E-state index in [2.05, 4.69) is 10.3 Å². The molecule has 1 aromatic carbocycles. The summed E-state index contributed by atoms with van der Waals surface area (Å²) in [5.41, 5.74) is 2.55. The highest BCUT2D eigenvalue weighted by Crippen LogP contribution is 2.13. The summed E-state index contributed by atoms with van der Waals surface area (Å²) >= 11 is 0. The molecule has 3 N–H and O–H groups in total. The molecule has 1 heterocycles. The first-order chi connectivity index (χ1) is 10.5. The van der Waals surface area contributed by atoms with Crippen molar-refractivity contribution >= 4 is 10.9 Å². The van der Waals surface area contributed by atoms with Crippen LogP contribution in [0.3, 0.4) is 0 Å². The van der Waals surface area contributed by atoms with Gasteiger partial charge in [0.1, 0.15) is 0 Å². The quantitative estimate of drug-likeness (QED) is 0.728. The molecule has 120 valence electrons. The molecule has 0 unspecified atom stereocenters. The number of rotatable bonds is 7. The van der Waals surface area contributed by atoms with E-state index in [1.165, 1.54) is 0 Å². The van der Waals surface area contributed by atoms with Gasteiger partial charge in [-0.2, -0.15) is 0 Å². The summed E-state index contributed by atoms with van der Waals surface area (Å²) in [4.78, 5) is 14.9. The second kappa shape index (κ2) is 7.54. The summed E-state index contributed by atoms with van der Waals surface area (Å²) in [6.07, 6.45) is -0.481. The number of aliphatic hydroxyl groups excluding tert-OH is 1. The van der Waals surface area contributed by atoms with Crippen LogP contribution in [0.25, 0.3) is 10.9 Å². The van der Waals surface area contributed by atoms with Crippen molar-refractivity contribution < 1.29 is 9.84 Å². The fourth-order valence-electron chi connectivity index (χ4n) is 2.24. The Morgan fingerprint density at radius 1 is 1.32 bits per heavy atom. The molecule has 0 aliphatic carbocycles. The van der Waals surface area contributed by atoms with Gasteiger partial charge in [0.25, 0.3) is 5.56 Å². The number of aliphatic hydroxyl groups is 1. The number of H-pyrrole nitrogens is 1. The molecule has 1 aromatic heterocycles. The van der Waals surface area contributed by atoms with Crippen molar-refractivity contribution in [2.24, 2.45) is 0 Å². The topological polar surface area (TPSA) is 74.4 Å². The number of benzene rings is 1. The third-order valence-corrected chi connectivity index (χ3v) is 3.39. The van der Waals surface area contributed by atoms with Crippen LogP contribution in [0, 0.1) is 6.92 Å². The monoisotopic (exact) mass is 304 g/mol. The van der Waals surface area contributed by atoms with Crippen LogP contribution in [-0.4, -0.2) is 35.5 Å². The number of pyridine rings is 1. The van der Waals surface area contributed by atoms with Crippen LogP contribution in [0.4, 0.5) is 0 Å². The van der Waals surface area contributed by atoms with E-state index in [0.717, 1.165) is 16.5 Å². The number of aromatic nitrogens is 1. The first-order valence-corrected chi connectivity index (χ1v) is 7.58. The van der Waals surface area contributed by atoms with Crippen molar-refractivity contribution in [2.45, 2.75) is 39.5 Å². The number of nitrogens with one attached hydrogen (secondary N) is 2. The number of hydrogen-bond acceptors (Lipinski definition) is 4. The predicted octanol–water partition coefficient (Wildman–Crippen LogP) is 1.71. The zero-order chi connectivity index (χ0) is 16.1. The minimum Gasteiger partial charge on any atom is -0.389 e. The van der Waals surface area contributed by atoms with Gasteiger partial charge in [0, 0.05) is 24.2 Å². The molecule has 0 spiro atoms. The Hall–Kier alpha value is -1.69. The summed E-state index contributed by atoms with van der Waals surface area (Å²) in [7, 11) is 0. The van der Waals surface area contributed by atoms with E-state index in [0.29, 0.717) is 18.7 Å². The van der Waals surface area contributed by atoms with Crippen molar-refractivity contribution in [3.8, 4) is 0 Å². The normalized spacial score (nSPS) is 13.0. The van der Waals surface area contributed by atoms with Crippen LogP contribution < -0.4 is 10.9 Å². The van der Waals surface area contributed by atoms with Crippen LogP contribution in [0.1, 0.15) is 25.0 Å². The van der Waals surface area contributed by atoms with Crippen molar-refractivity contribution in [3.05, 3.63) is 45.7 Å². The summed E-state index contributed by atoms with van der Waals surface area (Å²) in [5.74, 6) is 0. The SMILES string of the molecule is Cc1ccc2[nH]c(=O)c(CNC[C@@H](O)COC(C)C)cc2c1. The van der Waals surface area contributed by atoms with Gasteiger partial charge >= 0.3 is 0 Å². The summed E-state index contributed by atoms with van der Waals surface area (Å²) in [6.45, 7) is 6.97. The molecule has 0 saturated carbocycles. The molecule has 0 bridgehead atoms. The Kier molecular flexibility index (Phi) is 5.71. The summed E-state index contributed by atoms with van der Waals surface area (Å²) in [6, 6.07) is 7.82. The van der Waals surface area contributed by atoms with Crippen molar-refractivity contribution in [1.29, 1.82) is 0 Å². The minimum atomic E-state index is -0.579. The molecular weight excluding hydrogens is 280 g/mol. The maximum absolute atomic E-state index is 12.0. The number of aryl methyl sites for hydroxylation is 1. The molecule has 0 aliphatic heterocycles. The van der Waals surface area contributed by atoms with E-state index in [1.807, 2.05) is 45.0 Å². The number of fused-ring (bicyclic) bond motifs is 1. The third kappa shape index (κ3) is 4.66. The average molecular weight is 304 g/mol. The number of ether oxygens (including phenoxy) is 1. The van der Waals surface area contributed by atoms with Gasteiger partial charge in [-0.05, 0) is 44.4 Å². The lowest BCUT2D eigenvalue weighted by atomic mass is 10.1. The van der Waals surface area contributed by atoms with E-state index in [-0.39, 0.29) is 18.3 Å². The van der Waals surface area contributed by atoms with E-state index in [9.17, 15) is 9.90 Å². The van der Waals surface area contributed by atoms with Gasteiger partial charge in [-0.3, -0.25) is 4.79 Å². The second-order valence-electron chi connectivity index (χ2n) is 5.88. The Morgan fingerprint density at radius 2 is 2.09 bits per heavy atom. The van der Waals surface area contributed by atoms with E-state index in [4.69, 9.17) is 4.74 Å². The second-order valence-corrected chi connectivity index (χ2v) is 5.88. The van der Waals surface area contributed by atoms with Crippen molar-refractivity contribution in [3.63, 3.8) is 0 Å². The zero-order valence-corrected chi connectivity index (χ0v) is 13.3. The molecule has 0 fully saturated rings. The van der Waals surface area contributed by atoms with Crippen molar-refractivity contribution in [2.75, 3.05) is 13.2 Å². The highest BCUT2D eigenvalue weighted by molar-refractivity contribution is 5.79. The fourth-order valence-corrected chi connectivity index (χ4v) is 2.24. The van der Waals surface area contributed by atoms with Gasteiger partial charge in [-0.25, -0.2) is 0 Å². The Morgan fingerprint density at radius 3 is 2.82 bits per heavy atom. The highest BCUT2D eigenvalue weighted by Gasteiger charge is 2.07. The molecule has 0 aliphatic rings. The molecular formula is C17H24N2O3. The number of hydrogen-bond donors (Lipinski definition) is 3. The zero-order valence-electron chi connectivity index (χ0n) is 13.3.